The number of hydrogen-bond donors (Lipinski definition) is 1. The Labute approximate surface area is 120 Å². The molecule has 1 aromatic carbocycles. The monoisotopic (exact) mass is 295 g/mol. The topological polar surface area (TPSA) is 63.2 Å². The van der Waals surface area contributed by atoms with E-state index in [2.05, 4.69) is 12.2 Å². The zero-order valence-corrected chi connectivity index (χ0v) is 12.6. The average Bonchev–Trinajstić information content (AvgIpc) is 2.76. The van der Waals surface area contributed by atoms with Gasteiger partial charge >= 0.3 is 0 Å². The van der Waals surface area contributed by atoms with Crippen molar-refractivity contribution in [2.24, 2.45) is 0 Å². The van der Waals surface area contributed by atoms with Gasteiger partial charge < -0.3 is 5.32 Å². The van der Waals surface area contributed by atoms with Crippen LogP contribution >= 0.6 is 0 Å². The van der Waals surface area contributed by atoms with Crippen LogP contribution in [0.2, 0.25) is 0 Å². The summed E-state index contributed by atoms with van der Waals surface area (Å²) in [6.45, 7) is 2.15. The number of carbonyl (C=O) groups excluding carboxylic acids is 1. The Bertz CT molecular complexity index is 563. The predicted octanol–water partition coefficient (Wildman–Crippen LogP) is 1.95. The molecular weight excluding hydrogens is 274 g/mol. The molecule has 110 valence electrons. The number of amides is 1. The standard InChI is InChI=1S/C15H21NO3S/c1-2-3-4-12-5-7-13(8-6-12)15(17)16-14-9-10-20(18,19)11-14/h5-8,14H,2-4,9-11H2,1H3,(H,16,17). The number of benzene rings is 1. The van der Waals surface area contributed by atoms with E-state index in [0.29, 0.717) is 12.0 Å². The number of nitrogens with one attached hydrogen (secondary N) is 1. The van der Waals surface area contributed by atoms with E-state index in [9.17, 15) is 13.2 Å². The Hall–Kier alpha value is -1.36. The van der Waals surface area contributed by atoms with E-state index in [4.69, 9.17) is 0 Å². The average molecular weight is 295 g/mol. The first kappa shape index (κ1) is 15.0. The van der Waals surface area contributed by atoms with E-state index < -0.39 is 9.84 Å². The van der Waals surface area contributed by atoms with Gasteiger partial charge in [-0.05, 0) is 37.0 Å². The van der Waals surface area contributed by atoms with Crippen LogP contribution in [-0.4, -0.2) is 31.9 Å². The highest BCUT2D eigenvalue weighted by Crippen LogP contribution is 2.13. The van der Waals surface area contributed by atoms with Crippen LogP contribution in [0.3, 0.4) is 0 Å². The fraction of sp³-hybridized carbons (Fsp3) is 0.533. The predicted molar refractivity (Wildman–Crippen MR) is 79.6 cm³/mol. The van der Waals surface area contributed by atoms with Gasteiger partial charge in [0.15, 0.2) is 9.84 Å². The van der Waals surface area contributed by atoms with Gasteiger partial charge in [-0.2, -0.15) is 0 Å². The molecule has 1 N–H and O–H groups in total. The van der Waals surface area contributed by atoms with Crippen LogP contribution in [0.4, 0.5) is 0 Å². The molecule has 20 heavy (non-hydrogen) atoms. The van der Waals surface area contributed by atoms with Gasteiger partial charge in [-0.3, -0.25) is 4.79 Å². The first-order valence-corrected chi connectivity index (χ1v) is 8.92. The normalized spacial score (nSPS) is 20.8. The lowest BCUT2D eigenvalue weighted by Crippen LogP contribution is -2.35. The lowest BCUT2D eigenvalue weighted by Gasteiger charge is -2.11. The highest BCUT2D eigenvalue weighted by atomic mass is 32.2. The molecule has 1 atom stereocenters. The van der Waals surface area contributed by atoms with E-state index in [1.165, 1.54) is 5.56 Å². The molecule has 0 bridgehead atoms. The van der Waals surface area contributed by atoms with E-state index in [-0.39, 0.29) is 23.5 Å². The summed E-state index contributed by atoms with van der Waals surface area (Å²) in [6.07, 6.45) is 3.84. The van der Waals surface area contributed by atoms with Crippen molar-refractivity contribution in [1.82, 2.24) is 5.32 Å². The molecule has 0 spiro atoms. The second kappa shape index (κ2) is 6.39. The maximum Gasteiger partial charge on any atom is 0.251 e. The summed E-state index contributed by atoms with van der Waals surface area (Å²) in [5.74, 6) is 0.0513. The molecule has 1 unspecified atom stereocenters. The molecular formula is C15H21NO3S. The molecule has 1 fully saturated rings. The van der Waals surface area contributed by atoms with Gasteiger partial charge in [0.1, 0.15) is 0 Å². The quantitative estimate of drug-likeness (QED) is 0.903. The van der Waals surface area contributed by atoms with Crippen LogP contribution in [0.15, 0.2) is 24.3 Å². The molecule has 1 aliphatic rings. The van der Waals surface area contributed by atoms with Gasteiger partial charge in [0.2, 0.25) is 0 Å². The van der Waals surface area contributed by atoms with E-state index >= 15 is 0 Å². The van der Waals surface area contributed by atoms with Gasteiger partial charge in [0, 0.05) is 11.6 Å². The molecule has 1 saturated heterocycles. The molecule has 1 aromatic rings. The first-order valence-electron chi connectivity index (χ1n) is 7.10. The van der Waals surface area contributed by atoms with Gasteiger partial charge in [-0.1, -0.05) is 25.5 Å². The summed E-state index contributed by atoms with van der Waals surface area (Å²) >= 11 is 0. The Balaban J connectivity index is 1.92. The lowest BCUT2D eigenvalue weighted by molar-refractivity contribution is 0.0941. The van der Waals surface area contributed by atoms with Crippen molar-refractivity contribution in [3.05, 3.63) is 35.4 Å². The highest BCUT2D eigenvalue weighted by molar-refractivity contribution is 7.91. The SMILES string of the molecule is CCCCc1ccc(C(=O)NC2CCS(=O)(=O)C2)cc1. The minimum Gasteiger partial charge on any atom is -0.348 e. The molecule has 0 radical (unpaired) electrons. The van der Waals surface area contributed by atoms with Crippen LogP contribution in [0, 0.1) is 0 Å². The number of aryl methyl sites for hydroxylation is 1. The van der Waals surface area contributed by atoms with Gasteiger partial charge in [0.05, 0.1) is 11.5 Å². The molecule has 0 aromatic heterocycles. The summed E-state index contributed by atoms with van der Waals surface area (Å²) in [5.41, 5.74) is 1.82. The number of hydrogen-bond acceptors (Lipinski definition) is 3. The van der Waals surface area contributed by atoms with Gasteiger partial charge in [0.25, 0.3) is 5.91 Å². The first-order chi connectivity index (χ1) is 9.50. The highest BCUT2D eigenvalue weighted by Gasteiger charge is 2.29. The summed E-state index contributed by atoms with van der Waals surface area (Å²) < 4.78 is 22.7. The van der Waals surface area contributed by atoms with Crippen molar-refractivity contribution in [3.63, 3.8) is 0 Å². The minimum absolute atomic E-state index is 0.0628. The van der Waals surface area contributed by atoms with Crippen LogP contribution in [0.1, 0.15) is 42.1 Å². The smallest absolute Gasteiger partial charge is 0.251 e. The molecule has 2 rings (SSSR count). The van der Waals surface area contributed by atoms with E-state index in [0.717, 1.165) is 19.3 Å². The molecule has 5 heteroatoms. The zero-order chi connectivity index (χ0) is 14.6. The lowest BCUT2D eigenvalue weighted by atomic mass is 10.1. The third kappa shape index (κ3) is 4.07. The number of unbranched alkanes of at least 4 members (excludes halogenated alkanes) is 1. The summed E-state index contributed by atoms with van der Waals surface area (Å²) in [5, 5.41) is 2.80. The van der Waals surface area contributed by atoms with Crippen LogP contribution in [0.5, 0.6) is 0 Å². The minimum atomic E-state index is -2.95. The van der Waals surface area contributed by atoms with Crippen LogP contribution < -0.4 is 5.32 Å². The molecule has 4 nitrogen and oxygen atoms in total. The Morgan fingerprint density at radius 3 is 2.55 bits per heavy atom. The maximum atomic E-state index is 12.0. The fourth-order valence-corrected chi connectivity index (χ4v) is 4.05. The Kier molecular flexibility index (Phi) is 4.81. The number of carbonyl (C=O) groups is 1. The van der Waals surface area contributed by atoms with Crippen molar-refractivity contribution < 1.29 is 13.2 Å². The largest absolute Gasteiger partial charge is 0.348 e. The van der Waals surface area contributed by atoms with Crippen molar-refractivity contribution >= 4 is 15.7 Å². The van der Waals surface area contributed by atoms with Gasteiger partial charge in [-0.25, -0.2) is 8.42 Å². The molecule has 0 saturated carbocycles. The Morgan fingerprint density at radius 1 is 1.30 bits per heavy atom. The number of rotatable bonds is 5. The number of sulfone groups is 1. The summed E-state index contributed by atoms with van der Waals surface area (Å²) in [6, 6.07) is 7.31. The summed E-state index contributed by atoms with van der Waals surface area (Å²) in [4.78, 5) is 12.0. The second-order valence-corrected chi connectivity index (χ2v) is 7.60. The fourth-order valence-electron chi connectivity index (χ4n) is 2.38. The maximum absolute atomic E-state index is 12.0. The third-order valence-electron chi connectivity index (χ3n) is 3.60. The summed E-state index contributed by atoms with van der Waals surface area (Å²) in [7, 11) is -2.95. The Morgan fingerprint density at radius 2 is 2.00 bits per heavy atom. The zero-order valence-electron chi connectivity index (χ0n) is 11.8. The van der Waals surface area contributed by atoms with Crippen molar-refractivity contribution in [2.75, 3.05) is 11.5 Å². The second-order valence-electron chi connectivity index (χ2n) is 5.37. The third-order valence-corrected chi connectivity index (χ3v) is 5.37. The van der Waals surface area contributed by atoms with Crippen molar-refractivity contribution in [1.29, 1.82) is 0 Å². The van der Waals surface area contributed by atoms with Gasteiger partial charge in [-0.15, -0.1) is 0 Å². The van der Waals surface area contributed by atoms with E-state index in [1.54, 1.807) is 0 Å². The van der Waals surface area contributed by atoms with Crippen LogP contribution in [-0.2, 0) is 16.3 Å². The van der Waals surface area contributed by atoms with Crippen LogP contribution in [0.25, 0.3) is 0 Å². The molecule has 1 heterocycles. The van der Waals surface area contributed by atoms with Crippen molar-refractivity contribution in [2.45, 2.75) is 38.6 Å². The molecule has 0 aliphatic carbocycles. The molecule has 1 amide bonds. The van der Waals surface area contributed by atoms with Crippen molar-refractivity contribution in [3.8, 4) is 0 Å². The molecule has 1 aliphatic heterocycles. The van der Waals surface area contributed by atoms with E-state index in [1.807, 2.05) is 24.3 Å².